The molecule has 0 aliphatic carbocycles. The average molecular weight is 458 g/mol. The Balaban J connectivity index is 1.42. The maximum absolute atomic E-state index is 12.5. The first kappa shape index (κ1) is 22.1. The number of anilines is 3. The number of non-ortho nitro benzene ring substituents is 1. The number of benzene rings is 2. The summed E-state index contributed by atoms with van der Waals surface area (Å²) in [6.07, 6.45) is 2.87. The lowest BCUT2D eigenvalue weighted by Crippen LogP contribution is -2.11. The molecule has 2 aromatic heterocycles. The van der Waals surface area contributed by atoms with Gasteiger partial charge in [-0.3, -0.25) is 14.9 Å². The molecule has 0 bridgehead atoms. The molecule has 0 spiro atoms. The van der Waals surface area contributed by atoms with Gasteiger partial charge in [0.15, 0.2) is 0 Å². The fourth-order valence-corrected chi connectivity index (χ4v) is 2.89. The van der Waals surface area contributed by atoms with Gasteiger partial charge in [-0.05, 0) is 36.4 Å². The highest BCUT2D eigenvalue weighted by Gasteiger charge is 2.10. The van der Waals surface area contributed by atoms with Gasteiger partial charge in [-0.25, -0.2) is 15.0 Å². The standard InChI is InChI=1S/C23H18N6O5/c1-33-21-10-9-19(13-24-21)34-22-12-20(25-14-26-22)27-16-3-2-4-17(11-16)28-23(30)15-5-7-18(8-6-15)29(31)32/h2-14H,1H3,(H,28,30)(H,25,26,27). The number of pyridine rings is 1. The van der Waals surface area contributed by atoms with Crippen LogP contribution in [0.2, 0.25) is 0 Å². The Labute approximate surface area is 193 Å². The van der Waals surface area contributed by atoms with E-state index in [4.69, 9.17) is 9.47 Å². The number of hydrogen-bond acceptors (Lipinski definition) is 9. The molecule has 0 saturated heterocycles. The molecule has 0 fully saturated rings. The Kier molecular flexibility index (Phi) is 6.54. The SMILES string of the molecule is COc1ccc(Oc2cc(Nc3cccc(NC(=O)c4ccc([N+](=O)[O-])cc4)c3)ncn2)cn1. The zero-order valence-electron chi connectivity index (χ0n) is 17.8. The third-order valence-electron chi connectivity index (χ3n) is 4.52. The van der Waals surface area contributed by atoms with Crippen molar-refractivity contribution < 1.29 is 19.2 Å². The van der Waals surface area contributed by atoms with Crippen LogP contribution < -0.4 is 20.1 Å². The number of ether oxygens (including phenoxy) is 2. The van der Waals surface area contributed by atoms with Crippen LogP contribution in [0.25, 0.3) is 0 Å². The van der Waals surface area contributed by atoms with E-state index in [-0.39, 0.29) is 5.69 Å². The third kappa shape index (κ3) is 5.59. The summed E-state index contributed by atoms with van der Waals surface area (Å²) in [5.74, 6) is 1.36. The highest BCUT2D eigenvalue weighted by atomic mass is 16.6. The average Bonchev–Trinajstić information content (AvgIpc) is 2.85. The van der Waals surface area contributed by atoms with Gasteiger partial charge >= 0.3 is 0 Å². The molecule has 11 nitrogen and oxygen atoms in total. The number of carbonyl (C=O) groups excluding carboxylic acids is 1. The van der Waals surface area contributed by atoms with E-state index in [0.717, 1.165) is 0 Å². The van der Waals surface area contributed by atoms with E-state index in [9.17, 15) is 14.9 Å². The van der Waals surface area contributed by atoms with Crippen molar-refractivity contribution in [2.24, 2.45) is 0 Å². The van der Waals surface area contributed by atoms with E-state index in [1.165, 1.54) is 43.9 Å². The number of nitro benzene ring substituents is 1. The summed E-state index contributed by atoms with van der Waals surface area (Å²) >= 11 is 0. The molecule has 170 valence electrons. The molecule has 0 saturated carbocycles. The summed E-state index contributed by atoms with van der Waals surface area (Å²) in [5, 5.41) is 16.7. The first-order valence-electron chi connectivity index (χ1n) is 9.93. The molecule has 4 rings (SSSR count). The van der Waals surface area contributed by atoms with Gasteiger partial charge in [0.1, 0.15) is 17.9 Å². The lowest BCUT2D eigenvalue weighted by Gasteiger charge is -2.10. The molecule has 2 aromatic carbocycles. The molecule has 2 N–H and O–H groups in total. The van der Waals surface area contributed by atoms with Crippen molar-refractivity contribution in [2.45, 2.75) is 0 Å². The van der Waals surface area contributed by atoms with E-state index < -0.39 is 10.8 Å². The molecule has 4 aromatic rings. The van der Waals surface area contributed by atoms with E-state index in [1.54, 1.807) is 42.5 Å². The predicted octanol–water partition coefficient (Wildman–Crippen LogP) is 4.58. The highest BCUT2D eigenvalue weighted by molar-refractivity contribution is 6.04. The number of nitro groups is 1. The summed E-state index contributed by atoms with van der Waals surface area (Å²) in [6.45, 7) is 0. The molecule has 0 aliphatic heterocycles. The minimum Gasteiger partial charge on any atom is -0.481 e. The van der Waals surface area contributed by atoms with Gasteiger partial charge in [-0.1, -0.05) is 6.07 Å². The monoisotopic (exact) mass is 458 g/mol. The summed E-state index contributed by atoms with van der Waals surface area (Å²) < 4.78 is 10.7. The summed E-state index contributed by atoms with van der Waals surface area (Å²) in [7, 11) is 1.53. The van der Waals surface area contributed by atoms with Gasteiger partial charge in [0.05, 0.1) is 18.2 Å². The van der Waals surface area contributed by atoms with Crippen molar-refractivity contribution >= 4 is 28.8 Å². The fourth-order valence-electron chi connectivity index (χ4n) is 2.89. The maximum atomic E-state index is 12.5. The van der Waals surface area contributed by atoms with Gasteiger partial charge in [-0.15, -0.1) is 0 Å². The predicted molar refractivity (Wildman–Crippen MR) is 124 cm³/mol. The lowest BCUT2D eigenvalue weighted by atomic mass is 10.2. The van der Waals surface area contributed by atoms with Crippen LogP contribution in [0.1, 0.15) is 10.4 Å². The molecule has 34 heavy (non-hydrogen) atoms. The first-order chi connectivity index (χ1) is 16.5. The second kappa shape index (κ2) is 10.0. The number of amides is 1. The fraction of sp³-hybridized carbons (Fsp3) is 0.0435. The van der Waals surface area contributed by atoms with Crippen LogP contribution in [0.15, 0.2) is 79.3 Å². The molecule has 11 heteroatoms. The minimum atomic E-state index is -0.520. The molecule has 0 radical (unpaired) electrons. The van der Waals surface area contributed by atoms with Gasteiger partial charge in [0.2, 0.25) is 11.8 Å². The second-order valence-electron chi connectivity index (χ2n) is 6.84. The first-order valence-corrected chi connectivity index (χ1v) is 9.93. The quantitative estimate of drug-likeness (QED) is 0.287. The molecular weight excluding hydrogens is 440 g/mol. The molecule has 2 heterocycles. The van der Waals surface area contributed by atoms with Gasteiger partial charge < -0.3 is 20.1 Å². The number of nitrogens with zero attached hydrogens (tertiary/aromatic N) is 4. The second-order valence-corrected chi connectivity index (χ2v) is 6.84. The van der Waals surface area contributed by atoms with Crippen LogP contribution >= 0.6 is 0 Å². The molecule has 0 unspecified atom stereocenters. The Bertz CT molecular complexity index is 1310. The molecular formula is C23H18N6O5. The summed E-state index contributed by atoms with van der Waals surface area (Å²) in [6, 6.07) is 17.4. The lowest BCUT2D eigenvalue weighted by molar-refractivity contribution is -0.384. The Hall–Kier alpha value is -5.06. The van der Waals surface area contributed by atoms with Crippen LogP contribution in [-0.2, 0) is 0 Å². The minimum absolute atomic E-state index is 0.0841. The Morgan fingerprint density at radius 2 is 1.74 bits per heavy atom. The Morgan fingerprint density at radius 3 is 2.44 bits per heavy atom. The van der Waals surface area contributed by atoms with Crippen LogP contribution in [0, 0.1) is 10.1 Å². The maximum Gasteiger partial charge on any atom is 0.269 e. The van der Waals surface area contributed by atoms with Crippen molar-refractivity contribution in [1.82, 2.24) is 15.0 Å². The third-order valence-corrected chi connectivity index (χ3v) is 4.52. The van der Waals surface area contributed by atoms with E-state index >= 15 is 0 Å². The number of aromatic nitrogens is 3. The normalized spacial score (nSPS) is 10.3. The van der Waals surface area contributed by atoms with Crippen LogP contribution in [0.4, 0.5) is 22.9 Å². The molecule has 0 aliphatic rings. The van der Waals surface area contributed by atoms with E-state index in [1.807, 2.05) is 0 Å². The zero-order chi connectivity index (χ0) is 23.9. The van der Waals surface area contributed by atoms with Crippen LogP contribution in [0.5, 0.6) is 17.5 Å². The number of methoxy groups -OCH3 is 1. The number of carbonyl (C=O) groups is 1. The smallest absolute Gasteiger partial charge is 0.269 e. The van der Waals surface area contributed by atoms with Crippen molar-refractivity contribution in [1.29, 1.82) is 0 Å². The number of nitrogens with one attached hydrogen (secondary N) is 2. The topological polar surface area (TPSA) is 141 Å². The summed E-state index contributed by atoms with van der Waals surface area (Å²) in [5.41, 5.74) is 1.41. The van der Waals surface area contributed by atoms with E-state index in [2.05, 4.69) is 25.6 Å². The van der Waals surface area contributed by atoms with Crippen molar-refractivity contribution in [3.8, 4) is 17.5 Å². The van der Waals surface area contributed by atoms with Gasteiger partial charge in [0.25, 0.3) is 11.6 Å². The summed E-state index contributed by atoms with van der Waals surface area (Å²) in [4.78, 5) is 35.1. The van der Waals surface area contributed by atoms with E-state index in [0.29, 0.717) is 40.3 Å². The van der Waals surface area contributed by atoms with Gasteiger partial charge in [-0.2, -0.15) is 0 Å². The molecule has 1 amide bonds. The molecule has 0 atom stereocenters. The van der Waals surface area contributed by atoms with Crippen LogP contribution in [-0.4, -0.2) is 32.9 Å². The van der Waals surface area contributed by atoms with Gasteiger partial charge in [0, 0.05) is 41.2 Å². The van der Waals surface area contributed by atoms with Crippen molar-refractivity contribution in [3.63, 3.8) is 0 Å². The van der Waals surface area contributed by atoms with Crippen LogP contribution in [0.3, 0.4) is 0 Å². The zero-order valence-corrected chi connectivity index (χ0v) is 17.8. The number of rotatable bonds is 8. The largest absolute Gasteiger partial charge is 0.481 e. The van der Waals surface area contributed by atoms with Crippen molar-refractivity contribution in [2.75, 3.05) is 17.7 Å². The van der Waals surface area contributed by atoms with Crippen molar-refractivity contribution in [3.05, 3.63) is 94.9 Å². The number of hydrogen-bond donors (Lipinski definition) is 2. The Morgan fingerprint density at radius 1 is 0.941 bits per heavy atom. The highest BCUT2D eigenvalue weighted by Crippen LogP contribution is 2.24.